The van der Waals surface area contributed by atoms with Crippen molar-refractivity contribution in [1.29, 1.82) is 0 Å². The van der Waals surface area contributed by atoms with Gasteiger partial charge in [0.1, 0.15) is 6.61 Å². The Hall–Kier alpha value is -0.610. The van der Waals surface area contributed by atoms with Crippen LogP contribution in [-0.4, -0.2) is 32.3 Å². The van der Waals surface area contributed by atoms with Gasteiger partial charge >= 0.3 is 5.97 Å². The lowest BCUT2D eigenvalue weighted by atomic mass is 9.86. The fourth-order valence-electron chi connectivity index (χ4n) is 1.70. The van der Waals surface area contributed by atoms with Crippen molar-refractivity contribution in [2.45, 2.75) is 31.7 Å². The second-order valence-corrected chi connectivity index (χ2v) is 3.77. The van der Waals surface area contributed by atoms with Crippen LogP contribution in [0, 0.1) is 5.92 Å². The maximum Gasteiger partial charge on any atom is 0.309 e. The zero-order valence-electron chi connectivity index (χ0n) is 8.70. The number of hydrogen-bond donors (Lipinski definition) is 1. The summed E-state index contributed by atoms with van der Waals surface area (Å²) in [5, 5.41) is 0. The molecule has 14 heavy (non-hydrogen) atoms. The number of ether oxygens (including phenoxy) is 2. The fourth-order valence-corrected chi connectivity index (χ4v) is 1.70. The first-order chi connectivity index (χ1) is 6.74. The van der Waals surface area contributed by atoms with Crippen LogP contribution in [0.25, 0.3) is 0 Å². The molecule has 4 nitrogen and oxygen atoms in total. The van der Waals surface area contributed by atoms with E-state index >= 15 is 0 Å². The van der Waals surface area contributed by atoms with Gasteiger partial charge in [0.15, 0.2) is 0 Å². The Labute approximate surface area is 84.7 Å². The Morgan fingerprint density at radius 2 is 1.93 bits per heavy atom. The third-order valence-corrected chi connectivity index (χ3v) is 2.64. The van der Waals surface area contributed by atoms with Crippen LogP contribution in [0.2, 0.25) is 0 Å². The van der Waals surface area contributed by atoms with Crippen molar-refractivity contribution < 1.29 is 14.3 Å². The molecule has 0 aromatic heterocycles. The molecule has 0 aromatic rings. The summed E-state index contributed by atoms with van der Waals surface area (Å²) >= 11 is 0. The second kappa shape index (κ2) is 5.98. The van der Waals surface area contributed by atoms with Crippen molar-refractivity contribution in [1.82, 2.24) is 0 Å². The Balaban J connectivity index is 2.17. The van der Waals surface area contributed by atoms with Crippen molar-refractivity contribution in [2.75, 3.05) is 20.3 Å². The van der Waals surface area contributed by atoms with Gasteiger partial charge in [0.2, 0.25) is 0 Å². The highest BCUT2D eigenvalue weighted by Gasteiger charge is 2.25. The van der Waals surface area contributed by atoms with Crippen LogP contribution in [0.1, 0.15) is 25.7 Å². The lowest BCUT2D eigenvalue weighted by Crippen LogP contribution is -2.31. The Morgan fingerprint density at radius 3 is 2.50 bits per heavy atom. The molecule has 0 radical (unpaired) electrons. The third kappa shape index (κ3) is 3.64. The summed E-state index contributed by atoms with van der Waals surface area (Å²) in [5.41, 5.74) is 5.75. The van der Waals surface area contributed by atoms with E-state index in [2.05, 4.69) is 0 Å². The zero-order valence-corrected chi connectivity index (χ0v) is 8.70. The summed E-state index contributed by atoms with van der Waals surface area (Å²) in [5.74, 6) is -0.0272. The number of esters is 1. The lowest BCUT2D eigenvalue weighted by Gasteiger charge is -2.24. The largest absolute Gasteiger partial charge is 0.463 e. The number of carbonyl (C=O) groups is 1. The molecular weight excluding hydrogens is 182 g/mol. The van der Waals surface area contributed by atoms with E-state index in [0.717, 1.165) is 25.7 Å². The molecule has 82 valence electrons. The molecule has 1 rings (SSSR count). The average Bonchev–Trinajstić information content (AvgIpc) is 2.19. The van der Waals surface area contributed by atoms with Crippen molar-refractivity contribution in [3.05, 3.63) is 0 Å². The van der Waals surface area contributed by atoms with Crippen LogP contribution < -0.4 is 5.73 Å². The molecule has 0 unspecified atom stereocenters. The quantitative estimate of drug-likeness (QED) is 0.537. The molecule has 0 aromatic carbocycles. The number of carbonyl (C=O) groups excluding carboxylic acids is 1. The summed E-state index contributed by atoms with van der Waals surface area (Å²) in [6.45, 7) is 0.829. The van der Waals surface area contributed by atoms with Crippen molar-refractivity contribution >= 4 is 5.97 Å². The van der Waals surface area contributed by atoms with Gasteiger partial charge in [0.25, 0.3) is 0 Å². The highest BCUT2D eigenvalue weighted by Crippen LogP contribution is 2.23. The van der Waals surface area contributed by atoms with Gasteiger partial charge < -0.3 is 15.2 Å². The van der Waals surface area contributed by atoms with Gasteiger partial charge in [0, 0.05) is 13.2 Å². The van der Waals surface area contributed by atoms with Crippen molar-refractivity contribution in [3.63, 3.8) is 0 Å². The Bertz CT molecular complexity index is 176. The maximum atomic E-state index is 11.5. The molecule has 0 saturated heterocycles. The van der Waals surface area contributed by atoms with E-state index in [-0.39, 0.29) is 17.9 Å². The summed E-state index contributed by atoms with van der Waals surface area (Å²) < 4.78 is 9.85. The fraction of sp³-hybridized carbons (Fsp3) is 0.900. The Morgan fingerprint density at radius 1 is 1.29 bits per heavy atom. The molecule has 0 aliphatic heterocycles. The Kier molecular flexibility index (Phi) is 4.90. The van der Waals surface area contributed by atoms with Gasteiger partial charge in [-0.05, 0) is 25.7 Å². The van der Waals surface area contributed by atoms with Gasteiger partial charge in [-0.3, -0.25) is 4.79 Å². The molecule has 0 atom stereocenters. The molecule has 0 amide bonds. The van der Waals surface area contributed by atoms with E-state index in [4.69, 9.17) is 15.2 Å². The van der Waals surface area contributed by atoms with Gasteiger partial charge in [0.05, 0.1) is 12.5 Å². The van der Waals surface area contributed by atoms with Crippen LogP contribution in [-0.2, 0) is 14.3 Å². The minimum absolute atomic E-state index is 0.0617. The SMILES string of the molecule is COCCOC(=O)C1CCC(N)CC1. The van der Waals surface area contributed by atoms with Crippen LogP contribution >= 0.6 is 0 Å². The first kappa shape index (κ1) is 11.5. The predicted octanol–water partition coefficient (Wildman–Crippen LogP) is 0.694. The smallest absolute Gasteiger partial charge is 0.309 e. The van der Waals surface area contributed by atoms with E-state index in [1.54, 1.807) is 7.11 Å². The van der Waals surface area contributed by atoms with E-state index in [9.17, 15) is 4.79 Å². The van der Waals surface area contributed by atoms with Gasteiger partial charge in [-0.1, -0.05) is 0 Å². The van der Waals surface area contributed by atoms with E-state index in [1.807, 2.05) is 0 Å². The third-order valence-electron chi connectivity index (χ3n) is 2.64. The molecule has 0 spiro atoms. The van der Waals surface area contributed by atoms with Crippen LogP contribution in [0.4, 0.5) is 0 Å². The molecule has 2 N–H and O–H groups in total. The molecule has 1 saturated carbocycles. The minimum Gasteiger partial charge on any atom is -0.463 e. The molecule has 1 aliphatic rings. The normalized spacial score (nSPS) is 27.3. The topological polar surface area (TPSA) is 61.5 Å². The summed E-state index contributed by atoms with van der Waals surface area (Å²) in [6.07, 6.45) is 3.61. The molecule has 1 aliphatic carbocycles. The maximum absolute atomic E-state index is 11.5. The highest BCUT2D eigenvalue weighted by molar-refractivity contribution is 5.72. The molecule has 4 heteroatoms. The molecule has 0 heterocycles. The van der Waals surface area contributed by atoms with E-state index in [1.165, 1.54) is 0 Å². The summed E-state index contributed by atoms with van der Waals surface area (Å²) in [7, 11) is 1.59. The van der Waals surface area contributed by atoms with E-state index < -0.39 is 0 Å². The van der Waals surface area contributed by atoms with Crippen LogP contribution in [0.3, 0.4) is 0 Å². The molecule has 1 fully saturated rings. The lowest BCUT2D eigenvalue weighted by molar-refractivity contribution is -0.151. The molecular formula is C10H19NO3. The minimum atomic E-state index is -0.0889. The molecule has 0 bridgehead atoms. The van der Waals surface area contributed by atoms with Gasteiger partial charge in [-0.2, -0.15) is 0 Å². The predicted molar refractivity (Wildman–Crippen MR) is 52.8 cm³/mol. The monoisotopic (exact) mass is 201 g/mol. The van der Waals surface area contributed by atoms with Gasteiger partial charge in [-0.25, -0.2) is 0 Å². The number of rotatable bonds is 4. The van der Waals surface area contributed by atoms with Crippen molar-refractivity contribution in [3.8, 4) is 0 Å². The standard InChI is InChI=1S/C10H19NO3/c1-13-6-7-14-10(12)8-2-4-9(11)5-3-8/h8-9H,2-7,11H2,1H3. The second-order valence-electron chi connectivity index (χ2n) is 3.77. The van der Waals surface area contributed by atoms with Gasteiger partial charge in [-0.15, -0.1) is 0 Å². The number of hydrogen-bond acceptors (Lipinski definition) is 4. The summed E-state index contributed by atoms with van der Waals surface area (Å²) in [6, 6.07) is 0.276. The van der Waals surface area contributed by atoms with Crippen LogP contribution in [0.15, 0.2) is 0 Å². The number of methoxy groups -OCH3 is 1. The van der Waals surface area contributed by atoms with E-state index in [0.29, 0.717) is 13.2 Å². The van der Waals surface area contributed by atoms with Crippen LogP contribution in [0.5, 0.6) is 0 Å². The first-order valence-corrected chi connectivity index (χ1v) is 5.15. The first-order valence-electron chi connectivity index (χ1n) is 5.15. The number of nitrogens with two attached hydrogens (primary N) is 1. The summed E-state index contributed by atoms with van der Waals surface area (Å²) in [4.78, 5) is 11.5. The highest BCUT2D eigenvalue weighted by atomic mass is 16.6. The average molecular weight is 201 g/mol. The van der Waals surface area contributed by atoms with Crippen molar-refractivity contribution in [2.24, 2.45) is 11.7 Å². The zero-order chi connectivity index (χ0) is 10.4.